The molecule has 0 aliphatic carbocycles. The fourth-order valence-corrected chi connectivity index (χ4v) is 5.35. The average Bonchev–Trinajstić information content (AvgIpc) is 3.13. The van der Waals surface area contributed by atoms with Crippen LogP contribution < -0.4 is 21.5 Å². The molecule has 5 rings (SSSR count). The van der Waals surface area contributed by atoms with Crippen LogP contribution in [0.1, 0.15) is 23.1 Å². The lowest BCUT2D eigenvalue weighted by Gasteiger charge is -2.13. The summed E-state index contributed by atoms with van der Waals surface area (Å²) in [6.45, 7) is 6.21. The number of aromatic nitrogens is 4. The van der Waals surface area contributed by atoms with Crippen molar-refractivity contribution in [3.63, 3.8) is 0 Å². The van der Waals surface area contributed by atoms with Crippen molar-refractivity contribution in [3.05, 3.63) is 101 Å². The molecule has 4 aromatic heterocycles. The monoisotopic (exact) mass is 508 g/mol. The standard InChI is InChI=1S/C25H21ClN4O4S/c1-4-34-19-8-6-18(7-9-19)30-23(32)22-14(2)15(3)35-24(22)29(25(30)33)13-17-11-21(31)28-12-16(26)5-10-20(28)27-17/h5-12H,4,13H2,1-3H3. The Morgan fingerprint density at radius 1 is 1.06 bits per heavy atom. The van der Waals surface area contributed by atoms with Gasteiger partial charge in [0, 0.05) is 17.1 Å². The summed E-state index contributed by atoms with van der Waals surface area (Å²) in [6.07, 6.45) is 1.50. The van der Waals surface area contributed by atoms with Crippen LogP contribution in [0.15, 0.2) is 63.0 Å². The van der Waals surface area contributed by atoms with Gasteiger partial charge in [0.1, 0.15) is 16.2 Å². The minimum Gasteiger partial charge on any atom is -0.494 e. The van der Waals surface area contributed by atoms with E-state index in [1.165, 1.54) is 32.6 Å². The van der Waals surface area contributed by atoms with E-state index in [4.69, 9.17) is 16.3 Å². The molecule has 1 aromatic carbocycles. The third-order valence-corrected chi connectivity index (χ3v) is 7.31. The molecule has 5 aromatic rings. The molecule has 0 radical (unpaired) electrons. The highest BCUT2D eigenvalue weighted by Gasteiger charge is 2.20. The van der Waals surface area contributed by atoms with Crippen LogP contribution in [0.25, 0.3) is 21.6 Å². The van der Waals surface area contributed by atoms with Gasteiger partial charge in [-0.25, -0.2) is 14.3 Å². The minimum absolute atomic E-state index is 0.0282. The predicted molar refractivity (Wildman–Crippen MR) is 138 cm³/mol. The molecule has 4 heterocycles. The Balaban J connectivity index is 1.74. The number of halogens is 1. The largest absolute Gasteiger partial charge is 0.494 e. The summed E-state index contributed by atoms with van der Waals surface area (Å²) >= 11 is 7.39. The number of aryl methyl sites for hydroxylation is 2. The van der Waals surface area contributed by atoms with E-state index in [1.807, 2.05) is 20.8 Å². The van der Waals surface area contributed by atoms with Crippen molar-refractivity contribution in [1.82, 2.24) is 18.5 Å². The van der Waals surface area contributed by atoms with Crippen molar-refractivity contribution in [2.45, 2.75) is 27.3 Å². The summed E-state index contributed by atoms with van der Waals surface area (Å²) < 4.78 is 9.50. The Labute approximate surface area is 208 Å². The zero-order valence-corrected chi connectivity index (χ0v) is 20.8. The molecule has 10 heteroatoms. The summed E-state index contributed by atoms with van der Waals surface area (Å²) in [7, 11) is 0. The number of hydrogen-bond acceptors (Lipinski definition) is 6. The summed E-state index contributed by atoms with van der Waals surface area (Å²) in [5, 5.41) is 0.893. The first kappa shape index (κ1) is 23.1. The van der Waals surface area contributed by atoms with E-state index in [9.17, 15) is 14.4 Å². The number of fused-ring (bicyclic) bond motifs is 2. The van der Waals surface area contributed by atoms with Crippen LogP contribution in [0.4, 0.5) is 0 Å². The molecule has 0 spiro atoms. The van der Waals surface area contributed by atoms with Crippen molar-refractivity contribution in [2.75, 3.05) is 6.61 Å². The predicted octanol–water partition coefficient (Wildman–Crippen LogP) is 3.94. The van der Waals surface area contributed by atoms with E-state index < -0.39 is 5.69 Å². The molecule has 0 saturated carbocycles. The first-order chi connectivity index (χ1) is 16.8. The van der Waals surface area contributed by atoms with Crippen LogP contribution in [-0.2, 0) is 6.54 Å². The van der Waals surface area contributed by atoms with Crippen LogP contribution in [0.5, 0.6) is 5.75 Å². The maximum absolute atomic E-state index is 13.7. The number of hydrogen-bond donors (Lipinski definition) is 0. The van der Waals surface area contributed by atoms with Gasteiger partial charge in [-0.2, -0.15) is 0 Å². The van der Waals surface area contributed by atoms with Crippen LogP contribution >= 0.6 is 22.9 Å². The van der Waals surface area contributed by atoms with Gasteiger partial charge in [0.2, 0.25) is 0 Å². The second kappa shape index (κ2) is 8.83. The highest BCUT2D eigenvalue weighted by molar-refractivity contribution is 7.18. The van der Waals surface area contributed by atoms with Crippen LogP contribution in [0.3, 0.4) is 0 Å². The Hall–Kier alpha value is -3.69. The molecule has 0 aliphatic heterocycles. The lowest BCUT2D eigenvalue weighted by molar-refractivity contribution is 0.340. The molecule has 35 heavy (non-hydrogen) atoms. The normalized spacial score (nSPS) is 11.4. The fraction of sp³-hybridized carbons (Fsp3) is 0.200. The summed E-state index contributed by atoms with van der Waals surface area (Å²) in [4.78, 5) is 45.9. The molecular weight excluding hydrogens is 488 g/mol. The Bertz CT molecular complexity index is 1780. The molecule has 8 nitrogen and oxygen atoms in total. The third-order valence-electron chi connectivity index (χ3n) is 5.85. The number of ether oxygens (including phenoxy) is 1. The third kappa shape index (κ3) is 3.96. The van der Waals surface area contributed by atoms with Gasteiger partial charge in [0.25, 0.3) is 11.1 Å². The summed E-state index contributed by atoms with van der Waals surface area (Å²) in [5.74, 6) is 0.647. The molecular formula is C25H21ClN4O4S. The SMILES string of the molecule is CCOc1ccc(-n2c(=O)c3c(C)c(C)sc3n(Cc3cc(=O)n4cc(Cl)ccc4n3)c2=O)cc1. The van der Waals surface area contributed by atoms with Gasteiger partial charge in [-0.1, -0.05) is 11.6 Å². The molecule has 0 unspecified atom stereocenters. The van der Waals surface area contributed by atoms with E-state index in [-0.39, 0.29) is 17.7 Å². The van der Waals surface area contributed by atoms with E-state index in [0.29, 0.717) is 44.6 Å². The van der Waals surface area contributed by atoms with Crippen molar-refractivity contribution >= 4 is 38.8 Å². The molecule has 0 bridgehead atoms. The van der Waals surface area contributed by atoms with E-state index in [0.717, 1.165) is 15.0 Å². The molecule has 0 atom stereocenters. The topological polar surface area (TPSA) is 87.6 Å². The lowest BCUT2D eigenvalue weighted by atomic mass is 10.2. The number of pyridine rings is 1. The van der Waals surface area contributed by atoms with Crippen molar-refractivity contribution in [3.8, 4) is 11.4 Å². The lowest BCUT2D eigenvalue weighted by Crippen LogP contribution is -2.39. The zero-order chi connectivity index (χ0) is 24.9. The Morgan fingerprint density at radius 3 is 2.51 bits per heavy atom. The van der Waals surface area contributed by atoms with Crippen molar-refractivity contribution < 1.29 is 4.74 Å². The first-order valence-electron chi connectivity index (χ1n) is 10.9. The average molecular weight is 509 g/mol. The summed E-state index contributed by atoms with van der Waals surface area (Å²) in [5.41, 5.74) is 0.878. The zero-order valence-electron chi connectivity index (χ0n) is 19.2. The number of benzene rings is 1. The van der Waals surface area contributed by atoms with Crippen molar-refractivity contribution in [2.24, 2.45) is 0 Å². The van der Waals surface area contributed by atoms with Crippen LogP contribution in [0.2, 0.25) is 5.02 Å². The number of rotatable bonds is 5. The van der Waals surface area contributed by atoms with E-state index in [2.05, 4.69) is 4.98 Å². The smallest absolute Gasteiger partial charge is 0.337 e. The van der Waals surface area contributed by atoms with Gasteiger partial charge in [0.15, 0.2) is 0 Å². The van der Waals surface area contributed by atoms with Crippen LogP contribution in [-0.4, -0.2) is 25.1 Å². The Kier molecular flexibility index (Phi) is 5.82. The highest BCUT2D eigenvalue weighted by atomic mass is 35.5. The minimum atomic E-state index is -0.508. The van der Waals surface area contributed by atoms with Gasteiger partial charge in [-0.05, 0) is 62.7 Å². The van der Waals surface area contributed by atoms with E-state index in [1.54, 1.807) is 36.4 Å². The van der Waals surface area contributed by atoms with Gasteiger partial charge >= 0.3 is 5.69 Å². The molecule has 0 fully saturated rings. The van der Waals surface area contributed by atoms with Gasteiger partial charge in [-0.15, -0.1) is 11.3 Å². The highest BCUT2D eigenvalue weighted by Crippen LogP contribution is 2.27. The van der Waals surface area contributed by atoms with Crippen LogP contribution in [0, 0.1) is 13.8 Å². The second-order valence-electron chi connectivity index (χ2n) is 8.06. The fourth-order valence-electron chi connectivity index (χ4n) is 4.05. The quantitative estimate of drug-likeness (QED) is 0.359. The molecule has 0 saturated heterocycles. The Morgan fingerprint density at radius 2 is 1.80 bits per heavy atom. The van der Waals surface area contributed by atoms with Gasteiger partial charge < -0.3 is 4.74 Å². The maximum atomic E-state index is 13.7. The number of nitrogens with zero attached hydrogens (tertiary/aromatic N) is 4. The molecule has 0 aliphatic rings. The first-order valence-corrected chi connectivity index (χ1v) is 12.1. The molecule has 0 N–H and O–H groups in total. The molecule has 178 valence electrons. The van der Waals surface area contributed by atoms with Gasteiger partial charge in [0.05, 0.1) is 34.9 Å². The van der Waals surface area contributed by atoms with Crippen molar-refractivity contribution in [1.29, 1.82) is 0 Å². The summed E-state index contributed by atoms with van der Waals surface area (Å²) in [6, 6.07) is 11.5. The molecule has 0 amide bonds. The second-order valence-corrected chi connectivity index (χ2v) is 9.70. The van der Waals surface area contributed by atoms with E-state index >= 15 is 0 Å². The van der Waals surface area contributed by atoms with Gasteiger partial charge in [-0.3, -0.25) is 18.6 Å². The number of thiophene rings is 1. The maximum Gasteiger partial charge on any atom is 0.337 e.